The molecule has 0 atom stereocenters. The van der Waals surface area contributed by atoms with Gasteiger partial charge in [-0.15, -0.1) is 11.3 Å². The lowest BCUT2D eigenvalue weighted by atomic mass is 10.2. The second kappa shape index (κ2) is 9.73. The lowest BCUT2D eigenvalue weighted by Crippen LogP contribution is -2.46. The van der Waals surface area contributed by atoms with E-state index in [4.69, 9.17) is 0 Å². The first-order valence-corrected chi connectivity index (χ1v) is 11.9. The van der Waals surface area contributed by atoms with Crippen molar-refractivity contribution in [3.63, 3.8) is 0 Å². The molecule has 0 saturated carbocycles. The molecule has 1 amide bonds. The van der Waals surface area contributed by atoms with Crippen LogP contribution >= 0.6 is 27.3 Å². The number of nitrogens with one attached hydrogen (secondary N) is 1. The van der Waals surface area contributed by atoms with Crippen LogP contribution in [0.15, 0.2) is 58.4 Å². The molecule has 156 valence electrons. The number of carbonyl (C=O) groups excluding carboxylic acids is 1. The lowest BCUT2D eigenvalue weighted by Gasteiger charge is -2.35. The van der Waals surface area contributed by atoms with Gasteiger partial charge in [0.1, 0.15) is 5.01 Å². The minimum atomic E-state index is -0.0506. The number of hydrogen-bond donors (Lipinski definition) is 1. The van der Waals surface area contributed by atoms with Gasteiger partial charge in [-0.25, -0.2) is 4.98 Å². The van der Waals surface area contributed by atoms with Crippen LogP contribution in [0.5, 0.6) is 0 Å². The average Bonchev–Trinajstić information content (AvgIpc) is 3.23. The number of anilines is 2. The highest BCUT2D eigenvalue weighted by molar-refractivity contribution is 9.10. The van der Waals surface area contributed by atoms with Crippen LogP contribution in [0.3, 0.4) is 0 Å². The van der Waals surface area contributed by atoms with Gasteiger partial charge in [-0.3, -0.25) is 4.79 Å². The Labute approximate surface area is 189 Å². The van der Waals surface area contributed by atoms with E-state index in [9.17, 15) is 4.79 Å². The van der Waals surface area contributed by atoms with E-state index < -0.39 is 0 Å². The van der Waals surface area contributed by atoms with E-state index in [1.54, 1.807) is 11.3 Å². The van der Waals surface area contributed by atoms with E-state index in [1.807, 2.05) is 41.8 Å². The van der Waals surface area contributed by atoms with Crippen molar-refractivity contribution in [3.8, 4) is 10.6 Å². The molecule has 1 saturated heterocycles. The van der Waals surface area contributed by atoms with Crippen LogP contribution in [-0.4, -0.2) is 48.5 Å². The minimum absolute atomic E-state index is 0.0506. The summed E-state index contributed by atoms with van der Waals surface area (Å²) in [6.45, 7) is 7.62. The number of aromatic nitrogens is 1. The zero-order valence-electron chi connectivity index (χ0n) is 17.0. The standard InChI is InChI=1S/C23H25BrN4OS/c1-2-27-10-12-28(13-11-27)21-8-6-19(7-9-21)25-22(29)15-20-16-30-23(26-20)17-4-3-5-18(24)14-17/h3-9,14,16H,2,10-13,15H2,1H3,(H,25,29). The fourth-order valence-corrected chi connectivity index (χ4v) is 4.81. The molecule has 1 aliphatic rings. The molecular formula is C23H25BrN4OS. The summed E-state index contributed by atoms with van der Waals surface area (Å²) < 4.78 is 1.02. The Morgan fingerprint density at radius 3 is 2.60 bits per heavy atom. The summed E-state index contributed by atoms with van der Waals surface area (Å²) in [5.41, 5.74) is 3.87. The molecule has 1 aliphatic heterocycles. The SMILES string of the molecule is CCN1CCN(c2ccc(NC(=O)Cc3csc(-c4cccc(Br)c4)n3)cc2)CC1. The smallest absolute Gasteiger partial charge is 0.230 e. The normalized spacial score (nSPS) is 14.7. The lowest BCUT2D eigenvalue weighted by molar-refractivity contribution is -0.115. The van der Waals surface area contributed by atoms with Crippen LogP contribution < -0.4 is 10.2 Å². The third-order valence-electron chi connectivity index (χ3n) is 5.30. The van der Waals surface area contributed by atoms with Gasteiger partial charge < -0.3 is 15.1 Å². The first-order chi connectivity index (χ1) is 14.6. The average molecular weight is 485 g/mol. The molecule has 3 aromatic rings. The molecule has 5 nitrogen and oxygen atoms in total. The third kappa shape index (κ3) is 5.28. The molecule has 0 bridgehead atoms. The number of likely N-dealkylation sites (N-methyl/N-ethyl adjacent to an activating group) is 1. The molecule has 2 aromatic carbocycles. The van der Waals surface area contributed by atoms with Gasteiger partial charge in [-0.2, -0.15) is 0 Å². The van der Waals surface area contributed by atoms with Crippen molar-refractivity contribution in [1.82, 2.24) is 9.88 Å². The molecule has 1 fully saturated rings. The topological polar surface area (TPSA) is 48.5 Å². The number of rotatable bonds is 6. The Bertz CT molecular complexity index is 996. The summed E-state index contributed by atoms with van der Waals surface area (Å²) in [7, 11) is 0. The Balaban J connectivity index is 1.32. The van der Waals surface area contributed by atoms with E-state index in [0.29, 0.717) is 0 Å². The number of hydrogen-bond acceptors (Lipinski definition) is 5. The summed E-state index contributed by atoms with van der Waals surface area (Å²) in [6.07, 6.45) is 0.269. The van der Waals surface area contributed by atoms with E-state index in [1.165, 1.54) is 5.69 Å². The van der Waals surface area contributed by atoms with Gasteiger partial charge in [-0.05, 0) is 42.9 Å². The summed E-state index contributed by atoms with van der Waals surface area (Å²) in [6, 6.07) is 16.2. The fourth-order valence-electron chi connectivity index (χ4n) is 3.59. The van der Waals surface area contributed by atoms with E-state index in [-0.39, 0.29) is 12.3 Å². The molecule has 0 aliphatic carbocycles. The Morgan fingerprint density at radius 2 is 1.90 bits per heavy atom. The predicted octanol–water partition coefficient (Wildman–Crippen LogP) is 4.90. The highest BCUT2D eigenvalue weighted by Crippen LogP contribution is 2.26. The number of piperazine rings is 1. The van der Waals surface area contributed by atoms with Gasteiger partial charge in [0, 0.05) is 53.0 Å². The molecule has 0 unspecified atom stereocenters. The maximum Gasteiger partial charge on any atom is 0.230 e. The van der Waals surface area contributed by atoms with Crippen molar-refractivity contribution < 1.29 is 4.79 Å². The van der Waals surface area contributed by atoms with Gasteiger partial charge >= 0.3 is 0 Å². The van der Waals surface area contributed by atoms with Gasteiger partial charge in [0.2, 0.25) is 5.91 Å². The molecule has 1 aromatic heterocycles. The molecular weight excluding hydrogens is 460 g/mol. The van der Waals surface area contributed by atoms with Crippen LogP contribution in [0.2, 0.25) is 0 Å². The summed E-state index contributed by atoms with van der Waals surface area (Å²) >= 11 is 5.05. The molecule has 4 rings (SSSR count). The second-order valence-electron chi connectivity index (χ2n) is 7.35. The second-order valence-corrected chi connectivity index (χ2v) is 9.12. The summed E-state index contributed by atoms with van der Waals surface area (Å²) in [4.78, 5) is 21.9. The molecule has 7 heteroatoms. The first kappa shape index (κ1) is 21.0. The molecule has 0 radical (unpaired) electrons. The van der Waals surface area contributed by atoms with E-state index >= 15 is 0 Å². The summed E-state index contributed by atoms with van der Waals surface area (Å²) in [5.74, 6) is -0.0506. The number of carbonyl (C=O) groups is 1. The van der Waals surface area contributed by atoms with Crippen molar-refractivity contribution in [2.75, 3.05) is 42.9 Å². The van der Waals surface area contributed by atoms with Gasteiger partial charge in [-0.1, -0.05) is 35.0 Å². The molecule has 1 N–H and O–H groups in total. The quantitative estimate of drug-likeness (QED) is 0.540. The highest BCUT2D eigenvalue weighted by atomic mass is 79.9. The Hall–Kier alpha value is -2.22. The number of nitrogens with zero attached hydrogens (tertiary/aromatic N) is 3. The van der Waals surface area contributed by atoms with Crippen molar-refractivity contribution in [3.05, 3.63) is 64.1 Å². The molecule has 2 heterocycles. The van der Waals surface area contributed by atoms with Gasteiger partial charge in [0.05, 0.1) is 12.1 Å². The van der Waals surface area contributed by atoms with Crippen LogP contribution in [-0.2, 0) is 11.2 Å². The van der Waals surface area contributed by atoms with Crippen LogP contribution in [0.25, 0.3) is 10.6 Å². The Morgan fingerprint density at radius 1 is 1.13 bits per heavy atom. The number of benzene rings is 2. The van der Waals surface area contributed by atoms with E-state index in [0.717, 1.165) is 59.1 Å². The van der Waals surface area contributed by atoms with Crippen molar-refractivity contribution in [2.24, 2.45) is 0 Å². The number of amides is 1. The van der Waals surface area contributed by atoms with E-state index in [2.05, 4.69) is 55.1 Å². The van der Waals surface area contributed by atoms with Crippen molar-refractivity contribution in [1.29, 1.82) is 0 Å². The number of thiazole rings is 1. The number of halogens is 1. The first-order valence-electron chi connectivity index (χ1n) is 10.2. The van der Waals surface area contributed by atoms with Crippen LogP contribution in [0.1, 0.15) is 12.6 Å². The fraction of sp³-hybridized carbons (Fsp3) is 0.304. The maximum absolute atomic E-state index is 12.5. The maximum atomic E-state index is 12.5. The van der Waals surface area contributed by atoms with Crippen LogP contribution in [0.4, 0.5) is 11.4 Å². The largest absolute Gasteiger partial charge is 0.369 e. The van der Waals surface area contributed by atoms with Crippen molar-refractivity contribution >= 4 is 44.5 Å². The minimum Gasteiger partial charge on any atom is -0.369 e. The van der Waals surface area contributed by atoms with Gasteiger partial charge in [0.25, 0.3) is 0 Å². The van der Waals surface area contributed by atoms with Gasteiger partial charge in [0.15, 0.2) is 0 Å². The zero-order chi connectivity index (χ0) is 20.9. The zero-order valence-corrected chi connectivity index (χ0v) is 19.4. The monoisotopic (exact) mass is 484 g/mol. The Kier molecular flexibility index (Phi) is 6.82. The predicted molar refractivity (Wildman–Crippen MR) is 128 cm³/mol. The molecule has 30 heavy (non-hydrogen) atoms. The van der Waals surface area contributed by atoms with Crippen LogP contribution in [0, 0.1) is 0 Å². The third-order valence-corrected chi connectivity index (χ3v) is 6.73. The summed E-state index contributed by atoms with van der Waals surface area (Å²) in [5, 5.41) is 5.86. The molecule has 0 spiro atoms. The van der Waals surface area contributed by atoms with Crippen molar-refractivity contribution in [2.45, 2.75) is 13.3 Å². The highest BCUT2D eigenvalue weighted by Gasteiger charge is 2.16.